The third kappa shape index (κ3) is 1.61. The number of nitrogens with zero attached hydrogens (tertiary/aromatic N) is 3. The van der Waals surface area contributed by atoms with Crippen LogP contribution in [-0.2, 0) is 13.5 Å². The van der Waals surface area contributed by atoms with E-state index < -0.39 is 4.92 Å². The average molecular weight is 169 g/mol. The van der Waals surface area contributed by atoms with E-state index in [1.807, 2.05) is 6.92 Å². The van der Waals surface area contributed by atoms with Crippen molar-refractivity contribution in [2.24, 2.45) is 7.05 Å². The summed E-state index contributed by atoms with van der Waals surface area (Å²) in [6, 6.07) is 0. The number of nitro groups is 1. The molecule has 1 heterocycles. The van der Waals surface area contributed by atoms with E-state index in [1.165, 1.54) is 10.9 Å². The van der Waals surface area contributed by atoms with Crippen molar-refractivity contribution < 1.29 is 4.92 Å². The molecule has 1 rings (SSSR count). The first-order chi connectivity index (χ1) is 5.65. The van der Waals surface area contributed by atoms with Crippen molar-refractivity contribution in [3.05, 3.63) is 22.0 Å². The number of hydrogen-bond acceptors (Lipinski definition) is 3. The summed E-state index contributed by atoms with van der Waals surface area (Å²) in [5, 5.41) is 14.5. The van der Waals surface area contributed by atoms with Crippen LogP contribution in [0.5, 0.6) is 0 Å². The molecule has 0 aromatic carbocycles. The van der Waals surface area contributed by atoms with Crippen LogP contribution < -0.4 is 0 Å². The Morgan fingerprint density at radius 3 is 2.92 bits per heavy atom. The van der Waals surface area contributed by atoms with Gasteiger partial charge < -0.3 is 0 Å². The highest BCUT2D eigenvalue weighted by molar-refractivity contribution is 5.32. The van der Waals surface area contributed by atoms with Crippen LogP contribution >= 0.6 is 0 Å². The standard InChI is InChI=1S/C7H11N3O2/c1-3-4-6-7(10(11)12)5-9(2)8-6/h5H,3-4H2,1-2H3. The molecule has 0 atom stereocenters. The van der Waals surface area contributed by atoms with Gasteiger partial charge in [-0.25, -0.2) is 0 Å². The van der Waals surface area contributed by atoms with Gasteiger partial charge in [-0.2, -0.15) is 5.10 Å². The molecule has 0 saturated carbocycles. The van der Waals surface area contributed by atoms with E-state index in [1.54, 1.807) is 7.05 Å². The summed E-state index contributed by atoms with van der Waals surface area (Å²) in [6.45, 7) is 1.97. The Hall–Kier alpha value is -1.39. The van der Waals surface area contributed by atoms with Gasteiger partial charge in [0.25, 0.3) is 0 Å². The van der Waals surface area contributed by atoms with Gasteiger partial charge >= 0.3 is 5.69 Å². The van der Waals surface area contributed by atoms with E-state index in [-0.39, 0.29) is 5.69 Å². The maximum absolute atomic E-state index is 10.5. The predicted molar refractivity (Wildman–Crippen MR) is 43.9 cm³/mol. The molecule has 0 spiro atoms. The van der Waals surface area contributed by atoms with Gasteiger partial charge in [0.15, 0.2) is 0 Å². The second-order valence-corrected chi connectivity index (χ2v) is 2.64. The van der Waals surface area contributed by atoms with Crippen molar-refractivity contribution in [3.63, 3.8) is 0 Å². The van der Waals surface area contributed by atoms with Crippen molar-refractivity contribution in [3.8, 4) is 0 Å². The van der Waals surface area contributed by atoms with E-state index in [2.05, 4.69) is 5.10 Å². The van der Waals surface area contributed by atoms with E-state index in [9.17, 15) is 10.1 Å². The van der Waals surface area contributed by atoms with E-state index in [0.717, 1.165) is 6.42 Å². The van der Waals surface area contributed by atoms with Crippen LogP contribution in [-0.4, -0.2) is 14.7 Å². The minimum absolute atomic E-state index is 0.124. The largest absolute Gasteiger partial charge is 0.310 e. The predicted octanol–water partition coefficient (Wildman–Crippen LogP) is 1.28. The lowest BCUT2D eigenvalue weighted by molar-refractivity contribution is -0.385. The van der Waals surface area contributed by atoms with Crippen LogP contribution in [0.2, 0.25) is 0 Å². The Morgan fingerprint density at radius 1 is 1.75 bits per heavy atom. The molecule has 0 N–H and O–H groups in total. The monoisotopic (exact) mass is 169 g/mol. The van der Waals surface area contributed by atoms with Gasteiger partial charge in [0.1, 0.15) is 11.9 Å². The maximum Gasteiger partial charge on any atom is 0.310 e. The number of aromatic nitrogens is 2. The van der Waals surface area contributed by atoms with E-state index in [4.69, 9.17) is 0 Å². The Bertz CT molecular complexity index is 293. The highest BCUT2D eigenvalue weighted by Crippen LogP contribution is 2.16. The summed E-state index contributed by atoms with van der Waals surface area (Å²) in [6.07, 6.45) is 2.97. The lowest BCUT2D eigenvalue weighted by Gasteiger charge is -1.89. The minimum atomic E-state index is -0.391. The molecule has 0 fully saturated rings. The first-order valence-corrected chi connectivity index (χ1v) is 3.82. The van der Waals surface area contributed by atoms with Gasteiger partial charge in [-0.3, -0.25) is 14.8 Å². The molecule has 0 bridgehead atoms. The third-order valence-corrected chi connectivity index (χ3v) is 1.57. The van der Waals surface area contributed by atoms with Crippen LogP contribution in [0.15, 0.2) is 6.20 Å². The molecule has 5 heteroatoms. The maximum atomic E-state index is 10.5. The summed E-state index contributed by atoms with van der Waals surface area (Å²) in [4.78, 5) is 10.1. The van der Waals surface area contributed by atoms with Crippen LogP contribution in [0.4, 0.5) is 5.69 Å². The van der Waals surface area contributed by atoms with Gasteiger partial charge in [0, 0.05) is 7.05 Å². The Labute approximate surface area is 70.2 Å². The van der Waals surface area contributed by atoms with Crippen LogP contribution in [0.1, 0.15) is 19.0 Å². The van der Waals surface area contributed by atoms with E-state index >= 15 is 0 Å². The van der Waals surface area contributed by atoms with Crippen molar-refractivity contribution in [1.29, 1.82) is 0 Å². The smallest absolute Gasteiger partial charge is 0.268 e. The lowest BCUT2D eigenvalue weighted by Crippen LogP contribution is -1.93. The number of rotatable bonds is 3. The molecule has 1 aromatic heterocycles. The van der Waals surface area contributed by atoms with Crippen molar-refractivity contribution >= 4 is 5.69 Å². The highest BCUT2D eigenvalue weighted by atomic mass is 16.6. The normalized spacial score (nSPS) is 10.2. The summed E-state index contributed by atoms with van der Waals surface area (Å²) in [5.41, 5.74) is 0.698. The average Bonchev–Trinajstić information content (AvgIpc) is 2.32. The van der Waals surface area contributed by atoms with Gasteiger partial charge in [-0.15, -0.1) is 0 Å². The number of aryl methyl sites for hydroxylation is 2. The lowest BCUT2D eigenvalue weighted by atomic mass is 10.2. The van der Waals surface area contributed by atoms with Crippen molar-refractivity contribution in [2.45, 2.75) is 19.8 Å². The van der Waals surface area contributed by atoms with Gasteiger partial charge in [-0.1, -0.05) is 13.3 Å². The van der Waals surface area contributed by atoms with Crippen molar-refractivity contribution in [1.82, 2.24) is 9.78 Å². The fourth-order valence-electron chi connectivity index (χ4n) is 1.09. The number of hydrogen-bond donors (Lipinski definition) is 0. The van der Waals surface area contributed by atoms with Gasteiger partial charge in [0.2, 0.25) is 0 Å². The Kier molecular flexibility index (Phi) is 2.42. The summed E-state index contributed by atoms with van der Waals surface area (Å²) in [5.74, 6) is 0. The van der Waals surface area contributed by atoms with Crippen LogP contribution in [0, 0.1) is 10.1 Å². The molecule has 0 radical (unpaired) electrons. The molecular formula is C7H11N3O2. The molecule has 1 aromatic rings. The molecule has 0 unspecified atom stereocenters. The Morgan fingerprint density at radius 2 is 2.42 bits per heavy atom. The Balaban J connectivity index is 2.99. The van der Waals surface area contributed by atoms with Crippen LogP contribution in [0.25, 0.3) is 0 Å². The van der Waals surface area contributed by atoms with Crippen LogP contribution in [0.3, 0.4) is 0 Å². The summed E-state index contributed by atoms with van der Waals surface area (Å²) >= 11 is 0. The fraction of sp³-hybridized carbons (Fsp3) is 0.571. The minimum Gasteiger partial charge on any atom is -0.268 e. The topological polar surface area (TPSA) is 61.0 Å². The fourth-order valence-corrected chi connectivity index (χ4v) is 1.09. The summed E-state index contributed by atoms with van der Waals surface area (Å²) < 4.78 is 1.48. The molecule has 12 heavy (non-hydrogen) atoms. The SMILES string of the molecule is CCCc1nn(C)cc1[N+](=O)[O-]. The quantitative estimate of drug-likeness (QED) is 0.505. The van der Waals surface area contributed by atoms with Gasteiger partial charge in [-0.05, 0) is 6.42 Å². The molecule has 5 nitrogen and oxygen atoms in total. The zero-order valence-corrected chi connectivity index (χ0v) is 7.15. The second-order valence-electron chi connectivity index (χ2n) is 2.64. The second kappa shape index (κ2) is 3.34. The molecular weight excluding hydrogens is 158 g/mol. The van der Waals surface area contributed by atoms with E-state index in [0.29, 0.717) is 12.1 Å². The molecule has 0 aliphatic rings. The molecule has 0 aliphatic heterocycles. The molecule has 0 amide bonds. The molecule has 0 aliphatic carbocycles. The first-order valence-electron chi connectivity index (χ1n) is 3.82. The highest BCUT2D eigenvalue weighted by Gasteiger charge is 2.16. The summed E-state index contributed by atoms with van der Waals surface area (Å²) in [7, 11) is 1.69. The first kappa shape index (κ1) is 8.70. The molecule has 0 saturated heterocycles. The van der Waals surface area contributed by atoms with Crippen molar-refractivity contribution in [2.75, 3.05) is 0 Å². The van der Waals surface area contributed by atoms with Gasteiger partial charge in [0.05, 0.1) is 4.92 Å². The zero-order chi connectivity index (χ0) is 9.14. The zero-order valence-electron chi connectivity index (χ0n) is 7.15. The third-order valence-electron chi connectivity index (χ3n) is 1.57. The molecule has 66 valence electrons.